The van der Waals surface area contributed by atoms with Crippen LogP contribution < -0.4 is 5.43 Å². The smallest absolute Gasteiger partial charge is 0.196 e. The van der Waals surface area contributed by atoms with Crippen LogP contribution in [-0.2, 0) is 15.1 Å². The van der Waals surface area contributed by atoms with E-state index in [1.807, 2.05) is 0 Å². The van der Waals surface area contributed by atoms with Crippen molar-refractivity contribution < 1.29 is 49.6 Å². The Labute approximate surface area is 180 Å². The lowest BCUT2D eigenvalue weighted by Crippen LogP contribution is -2.59. The van der Waals surface area contributed by atoms with Gasteiger partial charge >= 0.3 is 0 Å². The van der Waals surface area contributed by atoms with Gasteiger partial charge in [-0.15, -0.1) is 0 Å². The van der Waals surface area contributed by atoms with Gasteiger partial charge in [-0.1, -0.05) is 12.2 Å². The van der Waals surface area contributed by atoms with Crippen LogP contribution in [0.15, 0.2) is 51.7 Å². The number of aromatic hydroxyl groups is 2. The molecule has 5 unspecified atom stereocenters. The zero-order valence-electron chi connectivity index (χ0n) is 16.5. The molecule has 5 atom stereocenters. The van der Waals surface area contributed by atoms with Crippen molar-refractivity contribution in [3.8, 4) is 11.5 Å². The van der Waals surface area contributed by atoms with E-state index >= 15 is 0 Å². The van der Waals surface area contributed by atoms with Crippen molar-refractivity contribution in [2.75, 3.05) is 6.61 Å². The Morgan fingerprint density at radius 1 is 1.00 bits per heavy atom. The minimum atomic E-state index is -1.86. The maximum absolute atomic E-state index is 12.4. The maximum atomic E-state index is 12.4. The second kappa shape index (κ2) is 8.30. The van der Waals surface area contributed by atoms with Crippen LogP contribution in [0.2, 0.25) is 0 Å². The molecule has 7 N–H and O–H groups in total. The van der Waals surface area contributed by atoms with E-state index in [0.29, 0.717) is 0 Å². The molecule has 1 aromatic carbocycles. The van der Waals surface area contributed by atoms with Gasteiger partial charge in [-0.3, -0.25) is 4.79 Å². The molecule has 0 radical (unpaired) electrons. The van der Waals surface area contributed by atoms with Gasteiger partial charge in [0.25, 0.3) is 0 Å². The van der Waals surface area contributed by atoms with E-state index in [-0.39, 0.29) is 22.5 Å². The summed E-state index contributed by atoms with van der Waals surface area (Å²) in [6, 6.07) is 3.13. The quantitative estimate of drug-likeness (QED) is 0.274. The highest BCUT2D eigenvalue weighted by Gasteiger charge is 2.45. The maximum Gasteiger partial charge on any atom is 0.196 e. The highest BCUT2D eigenvalue weighted by molar-refractivity contribution is 5.84. The van der Waals surface area contributed by atoms with Gasteiger partial charge in [0.05, 0.1) is 12.7 Å². The second-order valence-electron chi connectivity index (χ2n) is 7.65. The topological polar surface area (TPSA) is 190 Å². The Morgan fingerprint density at radius 2 is 1.69 bits per heavy atom. The van der Waals surface area contributed by atoms with Crippen LogP contribution in [-0.4, -0.2) is 79.2 Å². The lowest BCUT2D eigenvalue weighted by Gasteiger charge is -2.40. The van der Waals surface area contributed by atoms with Gasteiger partial charge in [0, 0.05) is 18.2 Å². The van der Waals surface area contributed by atoms with Crippen molar-refractivity contribution >= 4 is 11.0 Å². The number of aliphatic hydroxyl groups is 5. The van der Waals surface area contributed by atoms with E-state index in [4.69, 9.17) is 13.9 Å². The van der Waals surface area contributed by atoms with Crippen LogP contribution in [0.4, 0.5) is 0 Å². The monoisotopic (exact) mass is 450 g/mol. The number of phenols is 2. The van der Waals surface area contributed by atoms with E-state index in [0.717, 1.165) is 18.2 Å². The second-order valence-corrected chi connectivity index (χ2v) is 7.65. The van der Waals surface area contributed by atoms with Gasteiger partial charge in [0.2, 0.25) is 0 Å². The minimum absolute atomic E-state index is 0.125. The van der Waals surface area contributed by atoms with E-state index in [2.05, 4.69) is 0 Å². The van der Waals surface area contributed by atoms with Crippen molar-refractivity contribution in [3.05, 3.63) is 58.5 Å². The molecule has 0 saturated carbocycles. The molecule has 1 saturated heterocycles. The molecule has 32 heavy (non-hydrogen) atoms. The number of hydrogen-bond donors (Lipinski definition) is 7. The average molecular weight is 450 g/mol. The average Bonchev–Trinajstić information content (AvgIpc) is 2.75. The standard InChI is InChI=1S/C21H22O11/c22-8-14-17(26)18(27)19(28)20(32-14)30-10-1-3-21(29,4-2-10)15-7-12(25)16-11(24)5-9(23)6-13(16)31-15/h1-7,10,14,17-20,22-24,26-29H,8H2. The third kappa shape index (κ3) is 3.91. The largest absolute Gasteiger partial charge is 0.508 e. The number of hydrogen-bond acceptors (Lipinski definition) is 11. The van der Waals surface area contributed by atoms with Crippen LogP contribution in [0.25, 0.3) is 11.0 Å². The van der Waals surface area contributed by atoms with Gasteiger partial charge in [-0.25, -0.2) is 0 Å². The van der Waals surface area contributed by atoms with Gasteiger partial charge in [0.15, 0.2) is 17.3 Å². The highest BCUT2D eigenvalue weighted by atomic mass is 16.7. The van der Waals surface area contributed by atoms with E-state index in [1.165, 1.54) is 24.3 Å². The van der Waals surface area contributed by atoms with Gasteiger partial charge in [0.1, 0.15) is 52.6 Å². The summed E-state index contributed by atoms with van der Waals surface area (Å²) in [4.78, 5) is 12.4. The molecule has 1 aliphatic carbocycles. The lowest BCUT2D eigenvalue weighted by molar-refractivity contribution is -0.304. The van der Waals surface area contributed by atoms with Crippen LogP contribution in [0.5, 0.6) is 11.5 Å². The molecule has 11 nitrogen and oxygen atoms in total. The van der Waals surface area contributed by atoms with Crippen LogP contribution >= 0.6 is 0 Å². The fourth-order valence-corrected chi connectivity index (χ4v) is 3.64. The van der Waals surface area contributed by atoms with Crippen molar-refractivity contribution in [2.45, 2.75) is 42.4 Å². The summed E-state index contributed by atoms with van der Waals surface area (Å²) in [6.07, 6.45) is -2.77. The Morgan fingerprint density at radius 3 is 2.34 bits per heavy atom. The highest BCUT2D eigenvalue weighted by Crippen LogP contribution is 2.34. The predicted molar refractivity (Wildman–Crippen MR) is 107 cm³/mol. The van der Waals surface area contributed by atoms with Crippen LogP contribution in [0.3, 0.4) is 0 Å². The molecular formula is C21H22O11. The number of fused-ring (bicyclic) bond motifs is 1. The normalized spacial score (nSPS) is 34.8. The number of phenolic OH excluding ortho intramolecular Hbond substituents is 2. The zero-order chi connectivity index (χ0) is 23.2. The molecule has 0 spiro atoms. The Hall–Kier alpha value is -2.77. The Bertz CT molecular complexity index is 1100. The third-order valence-corrected chi connectivity index (χ3v) is 5.41. The van der Waals surface area contributed by atoms with Crippen molar-refractivity contribution in [2.24, 2.45) is 0 Å². The van der Waals surface area contributed by atoms with E-state index in [1.54, 1.807) is 0 Å². The van der Waals surface area contributed by atoms with Crippen LogP contribution in [0, 0.1) is 0 Å². The molecule has 1 aliphatic heterocycles. The van der Waals surface area contributed by atoms with E-state index in [9.17, 15) is 40.5 Å². The molecule has 172 valence electrons. The first-order chi connectivity index (χ1) is 15.1. The van der Waals surface area contributed by atoms with Crippen LogP contribution in [0.1, 0.15) is 5.76 Å². The molecule has 2 heterocycles. The molecule has 1 fully saturated rings. The number of ether oxygens (including phenoxy) is 2. The summed E-state index contributed by atoms with van der Waals surface area (Å²) in [5.41, 5.74) is -2.61. The molecule has 11 heteroatoms. The SMILES string of the molecule is O=c1cc(C2(O)C=CC(OC3OC(CO)C(O)C(O)C3O)C=C2)oc2cc(O)cc(O)c12. The zero-order valence-corrected chi connectivity index (χ0v) is 16.5. The summed E-state index contributed by atoms with van der Waals surface area (Å²) >= 11 is 0. The van der Waals surface area contributed by atoms with Gasteiger partial charge in [-0.05, 0) is 12.2 Å². The minimum Gasteiger partial charge on any atom is -0.508 e. The fraction of sp³-hybridized carbons (Fsp3) is 0.381. The first kappa shape index (κ1) is 22.4. The van der Waals surface area contributed by atoms with Crippen molar-refractivity contribution in [3.63, 3.8) is 0 Å². The summed E-state index contributed by atoms with van der Waals surface area (Å²) in [7, 11) is 0. The Kier molecular flexibility index (Phi) is 5.81. The predicted octanol–water partition coefficient (Wildman–Crippen LogP) is -1.30. The summed E-state index contributed by atoms with van der Waals surface area (Å²) in [5.74, 6) is -0.973. The third-order valence-electron chi connectivity index (χ3n) is 5.41. The molecule has 0 bridgehead atoms. The van der Waals surface area contributed by atoms with Gasteiger partial charge < -0.3 is 49.6 Å². The molecular weight excluding hydrogens is 428 g/mol. The van der Waals surface area contributed by atoms with Gasteiger partial charge in [-0.2, -0.15) is 0 Å². The summed E-state index contributed by atoms with van der Waals surface area (Å²) < 4.78 is 16.4. The molecule has 4 rings (SSSR count). The van der Waals surface area contributed by atoms with E-state index < -0.39 is 60.2 Å². The first-order valence-electron chi connectivity index (χ1n) is 9.70. The first-order valence-corrected chi connectivity index (χ1v) is 9.70. The summed E-state index contributed by atoms with van der Waals surface area (Å²) in [6.45, 7) is -0.604. The summed E-state index contributed by atoms with van der Waals surface area (Å²) in [5, 5.41) is 69.3. The molecule has 0 amide bonds. The van der Waals surface area contributed by atoms with Crippen molar-refractivity contribution in [1.82, 2.24) is 0 Å². The molecule has 2 aliphatic rings. The van der Waals surface area contributed by atoms with Crippen molar-refractivity contribution in [1.29, 1.82) is 0 Å². The lowest BCUT2D eigenvalue weighted by atomic mass is 9.93. The molecule has 2 aromatic rings. The number of benzene rings is 1. The molecule has 1 aromatic heterocycles. The fourth-order valence-electron chi connectivity index (χ4n) is 3.64. The Balaban J connectivity index is 1.55. The number of rotatable bonds is 4. The number of aliphatic hydroxyl groups excluding tert-OH is 4.